The molecule has 0 radical (unpaired) electrons. The highest BCUT2D eigenvalue weighted by molar-refractivity contribution is 7.89. The van der Waals surface area contributed by atoms with Gasteiger partial charge in [-0.15, -0.1) is 0 Å². The van der Waals surface area contributed by atoms with Gasteiger partial charge in [-0.1, -0.05) is 12.1 Å². The number of rotatable bonds is 5. The van der Waals surface area contributed by atoms with Gasteiger partial charge in [0.05, 0.1) is 10.5 Å². The maximum atomic E-state index is 12.8. The van der Waals surface area contributed by atoms with Crippen molar-refractivity contribution in [2.45, 2.75) is 43.1 Å². The van der Waals surface area contributed by atoms with Crippen LogP contribution in [0.5, 0.6) is 0 Å². The first-order chi connectivity index (χ1) is 12.4. The summed E-state index contributed by atoms with van der Waals surface area (Å²) in [5.74, 6) is 0.565. The van der Waals surface area contributed by atoms with Crippen molar-refractivity contribution in [3.63, 3.8) is 0 Å². The van der Waals surface area contributed by atoms with Crippen LogP contribution in [-0.2, 0) is 19.6 Å². The number of carbonyl (C=O) groups excluding carboxylic acids is 1. The summed E-state index contributed by atoms with van der Waals surface area (Å²) in [6.07, 6.45) is 3.45. The molecule has 0 aromatic heterocycles. The zero-order chi connectivity index (χ0) is 18.4. The highest BCUT2D eigenvalue weighted by Gasteiger charge is 2.56. The molecule has 0 N–H and O–H groups in total. The lowest BCUT2D eigenvalue weighted by Gasteiger charge is -2.49. The van der Waals surface area contributed by atoms with Gasteiger partial charge in [-0.3, -0.25) is 4.79 Å². The molecule has 1 aromatic carbocycles. The van der Waals surface area contributed by atoms with E-state index < -0.39 is 10.0 Å². The van der Waals surface area contributed by atoms with Crippen LogP contribution in [-0.4, -0.2) is 61.9 Å². The Hall–Kier alpha value is -1.44. The van der Waals surface area contributed by atoms with Gasteiger partial charge < -0.3 is 9.64 Å². The molecule has 0 bridgehead atoms. The van der Waals surface area contributed by atoms with Crippen LogP contribution in [0.2, 0.25) is 0 Å². The van der Waals surface area contributed by atoms with Gasteiger partial charge in [0.25, 0.3) is 0 Å². The van der Waals surface area contributed by atoms with Crippen molar-refractivity contribution in [2.75, 3.05) is 32.8 Å². The number of aryl methyl sites for hydroxylation is 1. The molecule has 3 saturated heterocycles. The van der Waals surface area contributed by atoms with Gasteiger partial charge >= 0.3 is 0 Å². The molecule has 1 amide bonds. The lowest BCUT2D eigenvalue weighted by Crippen LogP contribution is -2.66. The number of ether oxygens (including phenoxy) is 1. The van der Waals surface area contributed by atoms with Crippen molar-refractivity contribution in [1.29, 1.82) is 0 Å². The van der Waals surface area contributed by atoms with E-state index in [-0.39, 0.29) is 11.5 Å². The zero-order valence-corrected chi connectivity index (χ0v) is 16.0. The zero-order valence-electron chi connectivity index (χ0n) is 15.2. The van der Waals surface area contributed by atoms with E-state index >= 15 is 0 Å². The number of carbonyl (C=O) groups is 1. The Morgan fingerprint density at radius 1 is 1.31 bits per heavy atom. The molecule has 0 unspecified atom stereocenters. The van der Waals surface area contributed by atoms with E-state index in [9.17, 15) is 13.2 Å². The second-order valence-corrected chi connectivity index (χ2v) is 9.70. The fraction of sp³-hybridized carbons (Fsp3) is 0.632. The molecule has 6 nitrogen and oxygen atoms in total. The van der Waals surface area contributed by atoms with Gasteiger partial charge in [0.1, 0.15) is 0 Å². The average Bonchev–Trinajstić information content (AvgIpc) is 3.17. The summed E-state index contributed by atoms with van der Waals surface area (Å²) in [6.45, 7) is 5.03. The summed E-state index contributed by atoms with van der Waals surface area (Å²) in [4.78, 5) is 14.1. The highest BCUT2D eigenvalue weighted by atomic mass is 32.2. The molecule has 0 saturated carbocycles. The van der Waals surface area contributed by atoms with E-state index in [1.54, 1.807) is 18.2 Å². The molecule has 142 valence electrons. The van der Waals surface area contributed by atoms with E-state index in [0.29, 0.717) is 36.9 Å². The molecule has 1 atom stereocenters. The number of benzene rings is 1. The Morgan fingerprint density at radius 2 is 2.12 bits per heavy atom. The topological polar surface area (TPSA) is 66.9 Å². The SMILES string of the molecule is Cc1cccc(S(=O)(=O)N2CC3(C2)OCC[C@H]3CCN2CCCC2=O)c1. The minimum absolute atomic E-state index is 0.246. The summed E-state index contributed by atoms with van der Waals surface area (Å²) in [7, 11) is -3.46. The third-order valence-corrected chi connectivity index (χ3v) is 7.82. The van der Waals surface area contributed by atoms with Crippen molar-refractivity contribution in [2.24, 2.45) is 5.92 Å². The normalized spacial score (nSPS) is 25.8. The van der Waals surface area contributed by atoms with E-state index in [4.69, 9.17) is 4.74 Å². The molecule has 3 heterocycles. The van der Waals surface area contributed by atoms with Crippen LogP contribution in [0.3, 0.4) is 0 Å². The Balaban J connectivity index is 1.41. The maximum absolute atomic E-state index is 12.8. The Morgan fingerprint density at radius 3 is 2.81 bits per heavy atom. The smallest absolute Gasteiger partial charge is 0.243 e. The van der Waals surface area contributed by atoms with Crippen molar-refractivity contribution in [1.82, 2.24) is 9.21 Å². The molecule has 26 heavy (non-hydrogen) atoms. The highest BCUT2D eigenvalue weighted by Crippen LogP contribution is 2.43. The predicted molar refractivity (Wildman–Crippen MR) is 97.2 cm³/mol. The molecular formula is C19H26N2O4S. The summed E-state index contributed by atoms with van der Waals surface area (Å²) >= 11 is 0. The summed E-state index contributed by atoms with van der Waals surface area (Å²) in [5, 5.41) is 0. The van der Waals surface area contributed by atoms with Gasteiger partial charge in [-0.2, -0.15) is 4.31 Å². The fourth-order valence-corrected chi connectivity index (χ4v) is 6.10. The van der Waals surface area contributed by atoms with Crippen LogP contribution < -0.4 is 0 Å². The Kier molecular flexibility index (Phi) is 4.57. The van der Waals surface area contributed by atoms with Crippen LogP contribution in [0.4, 0.5) is 0 Å². The molecule has 3 aliphatic rings. The first kappa shape index (κ1) is 17.9. The van der Waals surface area contributed by atoms with Gasteiger partial charge in [0, 0.05) is 39.2 Å². The van der Waals surface area contributed by atoms with Gasteiger partial charge in [0.2, 0.25) is 15.9 Å². The van der Waals surface area contributed by atoms with E-state index in [2.05, 4.69) is 0 Å². The molecular weight excluding hydrogens is 352 g/mol. The number of hydrogen-bond acceptors (Lipinski definition) is 4. The number of sulfonamides is 1. The van der Waals surface area contributed by atoms with Gasteiger partial charge in [-0.25, -0.2) is 8.42 Å². The third-order valence-electron chi connectivity index (χ3n) is 6.03. The summed E-state index contributed by atoms with van der Waals surface area (Å²) < 4.78 is 33.2. The minimum atomic E-state index is -3.46. The molecule has 0 aliphatic carbocycles. The van der Waals surface area contributed by atoms with Crippen LogP contribution >= 0.6 is 0 Å². The largest absolute Gasteiger partial charge is 0.372 e. The lowest BCUT2D eigenvalue weighted by molar-refractivity contribution is -0.128. The monoisotopic (exact) mass is 378 g/mol. The van der Waals surface area contributed by atoms with E-state index in [0.717, 1.165) is 37.9 Å². The molecule has 1 spiro atoms. The first-order valence-corrected chi connectivity index (χ1v) is 10.8. The van der Waals surface area contributed by atoms with Crippen molar-refractivity contribution >= 4 is 15.9 Å². The number of nitrogens with zero attached hydrogens (tertiary/aromatic N) is 2. The van der Waals surface area contributed by atoms with Gasteiger partial charge in [-0.05, 0) is 49.8 Å². The van der Waals surface area contributed by atoms with Crippen LogP contribution in [0.15, 0.2) is 29.2 Å². The van der Waals surface area contributed by atoms with Gasteiger partial charge in [0.15, 0.2) is 0 Å². The van der Waals surface area contributed by atoms with E-state index in [1.165, 1.54) is 4.31 Å². The molecule has 3 aliphatic heterocycles. The second-order valence-electron chi connectivity index (χ2n) is 7.76. The number of amides is 1. The molecule has 3 fully saturated rings. The number of likely N-dealkylation sites (tertiary alicyclic amines) is 1. The van der Waals surface area contributed by atoms with Crippen LogP contribution in [0.1, 0.15) is 31.2 Å². The summed E-state index contributed by atoms with van der Waals surface area (Å²) in [6, 6.07) is 7.04. The fourth-order valence-electron chi connectivity index (χ4n) is 4.44. The Labute approximate surface area is 155 Å². The second kappa shape index (κ2) is 6.62. The quantitative estimate of drug-likeness (QED) is 0.783. The van der Waals surface area contributed by atoms with Crippen LogP contribution in [0.25, 0.3) is 0 Å². The first-order valence-electron chi connectivity index (χ1n) is 9.39. The minimum Gasteiger partial charge on any atom is -0.372 e. The van der Waals surface area contributed by atoms with Crippen molar-refractivity contribution in [3.8, 4) is 0 Å². The standard InChI is InChI=1S/C19H26N2O4S/c1-15-4-2-5-17(12-15)26(23,24)21-13-19(14-21)16(8-11-25-19)7-10-20-9-3-6-18(20)22/h2,4-5,12,16H,3,6-11,13-14H2,1H3/t16-/m1/s1. The van der Waals surface area contributed by atoms with E-state index in [1.807, 2.05) is 17.9 Å². The van der Waals surface area contributed by atoms with Crippen molar-refractivity contribution in [3.05, 3.63) is 29.8 Å². The van der Waals surface area contributed by atoms with Crippen molar-refractivity contribution < 1.29 is 17.9 Å². The number of hydrogen-bond donors (Lipinski definition) is 0. The predicted octanol–water partition coefficient (Wildman–Crippen LogP) is 1.79. The third kappa shape index (κ3) is 3.06. The Bertz CT molecular complexity index is 802. The molecule has 7 heteroatoms. The molecule has 1 aromatic rings. The average molecular weight is 378 g/mol. The molecule has 4 rings (SSSR count). The summed E-state index contributed by atoms with van der Waals surface area (Å²) in [5.41, 5.74) is 0.575. The van der Waals surface area contributed by atoms with Crippen LogP contribution in [0, 0.1) is 12.8 Å². The maximum Gasteiger partial charge on any atom is 0.243 e. The lowest BCUT2D eigenvalue weighted by atomic mass is 9.80.